The number of aromatic hydroxyl groups is 1. The fourth-order valence-electron chi connectivity index (χ4n) is 1.78. The highest BCUT2D eigenvalue weighted by atomic mass is 19.1. The maximum atomic E-state index is 13.1. The van der Waals surface area contributed by atoms with Crippen LogP contribution in [0.2, 0.25) is 0 Å². The first kappa shape index (κ1) is 15.4. The van der Waals surface area contributed by atoms with E-state index >= 15 is 0 Å². The lowest BCUT2D eigenvalue weighted by Crippen LogP contribution is -2.44. The Morgan fingerprint density at radius 2 is 2.05 bits per heavy atom. The average Bonchev–Trinajstić information content (AvgIpc) is 2.30. The van der Waals surface area contributed by atoms with Crippen molar-refractivity contribution in [3.8, 4) is 5.75 Å². The number of benzene rings is 1. The number of carbonyl (C=O) groups excluding carboxylic acids is 1. The number of phenols is 1. The standard InChI is InChI=1S/C14H20FNO3/c1-14(2,3)12(6-7-17)16-13(19)10-8-9(15)4-5-11(10)18/h4-5,8,12,17-18H,6-7H2,1-3H3,(H,16,19). The van der Waals surface area contributed by atoms with Gasteiger partial charge < -0.3 is 15.5 Å². The molecule has 1 rings (SSSR count). The predicted octanol–water partition coefficient (Wildman–Crippen LogP) is 2.06. The second kappa shape index (κ2) is 6.02. The quantitative estimate of drug-likeness (QED) is 0.783. The van der Waals surface area contributed by atoms with E-state index in [9.17, 15) is 14.3 Å². The van der Waals surface area contributed by atoms with Crippen molar-refractivity contribution in [1.29, 1.82) is 0 Å². The van der Waals surface area contributed by atoms with Crippen LogP contribution in [0.1, 0.15) is 37.6 Å². The van der Waals surface area contributed by atoms with E-state index in [-0.39, 0.29) is 29.4 Å². The summed E-state index contributed by atoms with van der Waals surface area (Å²) in [5.74, 6) is -1.40. The van der Waals surface area contributed by atoms with Gasteiger partial charge in [-0.3, -0.25) is 4.79 Å². The number of rotatable bonds is 4. The summed E-state index contributed by atoms with van der Waals surface area (Å²) in [7, 11) is 0. The molecule has 1 aromatic rings. The third-order valence-corrected chi connectivity index (χ3v) is 2.97. The Hall–Kier alpha value is -1.62. The summed E-state index contributed by atoms with van der Waals surface area (Å²) in [6.45, 7) is 5.73. The molecule has 106 valence electrons. The highest BCUT2D eigenvalue weighted by Gasteiger charge is 2.26. The second-order valence-corrected chi connectivity index (χ2v) is 5.57. The number of amides is 1. The van der Waals surface area contributed by atoms with Gasteiger partial charge in [-0.15, -0.1) is 0 Å². The zero-order valence-corrected chi connectivity index (χ0v) is 11.4. The Bertz CT molecular complexity index is 454. The van der Waals surface area contributed by atoms with Crippen molar-refractivity contribution in [3.05, 3.63) is 29.6 Å². The number of hydrogen-bond acceptors (Lipinski definition) is 3. The topological polar surface area (TPSA) is 69.6 Å². The minimum atomic E-state index is -0.586. The maximum absolute atomic E-state index is 13.1. The van der Waals surface area contributed by atoms with Crippen LogP contribution >= 0.6 is 0 Å². The molecule has 0 aliphatic heterocycles. The van der Waals surface area contributed by atoms with Gasteiger partial charge in [-0.1, -0.05) is 20.8 Å². The van der Waals surface area contributed by atoms with Crippen molar-refractivity contribution in [2.24, 2.45) is 5.41 Å². The van der Waals surface area contributed by atoms with Crippen LogP contribution in [0.25, 0.3) is 0 Å². The maximum Gasteiger partial charge on any atom is 0.255 e. The third-order valence-electron chi connectivity index (χ3n) is 2.97. The number of phenolic OH excluding ortho intramolecular Hbond substituents is 1. The Balaban J connectivity index is 2.91. The SMILES string of the molecule is CC(C)(C)C(CCO)NC(=O)c1cc(F)ccc1O. The molecule has 19 heavy (non-hydrogen) atoms. The Kier molecular flexibility index (Phi) is 4.89. The number of aliphatic hydroxyl groups excluding tert-OH is 1. The molecule has 0 spiro atoms. The summed E-state index contributed by atoms with van der Waals surface area (Å²) in [5.41, 5.74) is -0.353. The third kappa shape index (κ3) is 4.21. The van der Waals surface area contributed by atoms with E-state index in [4.69, 9.17) is 5.11 Å². The van der Waals surface area contributed by atoms with Crippen LogP contribution < -0.4 is 5.32 Å². The largest absolute Gasteiger partial charge is 0.507 e. The van der Waals surface area contributed by atoms with Crippen LogP contribution in [0, 0.1) is 11.2 Å². The van der Waals surface area contributed by atoms with E-state index < -0.39 is 11.7 Å². The summed E-state index contributed by atoms with van der Waals surface area (Å²) < 4.78 is 13.1. The van der Waals surface area contributed by atoms with Gasteiger partial charge in [0.15, 0.2) is 0 Å². The first-order valence-electron chi connectivity index (χ1n) is 6.16. The van der Waals surface area contributed by atoms with Gasteiger partial charge in [-0.25, -0.2) is 4.39 Å². The molecule has 0 saturated heterocycles. The van der Waals surface area contributed by atoms with Crippen LogP contribution in [0.4, 0.5) is 4.39 Å². The zero-order valence-electron chi connectivity index (χ0n) is 11.4. The Morgan fingerprint density at radius 1 is 1.42 bits per heavy atom. The molecule has 3 N–H and O–H groups in total. The number of hydrogen-bond donors (Lipinski definition) is 3. The predicted molar refractivity (Wildman–Crippen MR) is 70.5 cm³/mol. The lowest BCUT2D eigenvalue weighted by atomic mass is 9.84. The van der Waals surface area contributed by atoms with Gasteiger partial charge in [-0.2, -0.15) is 0 Å². The van der Waals surface area contributed by atoms with Gasteiger partial charge >= 0.3 is 0 Å². The summed E-state index contributed by atoms with van der Waals surface area (Å²) in [4.78, 5) is 12.0. The Morgan fingerprint density at radius 3 is 2.58 bits per heavy atom. The molecular formula is C14H20FNO3. The summed E-state index contributed by atoms with van der Waals surface area (Å²) in [6.07, 6.45) is 0.394. The van der Waals surface area contributed by atoms with E-state index in [1.807, 2.05) is 20.8 Å². The number of carbonyl (C=O) groups is 1. The van der Waals surface area contributed by atoms with Crippen LogP contribution in [-0.4, -0.2) is 28.8 Å². The van der Waals surface area contributed by atoms with Crippen molar-refractivity contribution < 1.29 is 19.4 Å². The molecule has 0 aliphatic carbocycles. The molecule has 0 aromatic heterocycles. The monoisotopic (exact) mass is 269 g/mol. The van der Waals surface area contributed by atoms with Crippen molar-refractivity contribution in [2.45, 2.75) is 33.2 Å². The number of nitrogens with one attached hydrogen (secondary N) is 1. The normalized spacial score (nSPS) is 13.1. The minimum absolute atomic E-state index is 0.0582. The van der Waals surface area contributed by atoms with E-state index in [1.165, 1.54) is 0 Å². The zero-order chi connectivity index (χ0) is 14.6. The lowest BCUT2D eigenvalue weighted by molar-refractivity contribution is 0.0882. The van der Waals surface area contributed by atoms with E-state index in [0.717, 1.165) is 18.2 Å². The molecule has 0 fully saturated rings. The number of aliphatic hydroxyl groups is 1. The van der Waals surface area contributed by atoms with Crippen molar-refractivity contribution in [1.82, 2.24) is 5.32 Å². The van der Waals surface area contributed by atoms with Crippen LogP contribution in [-0.2, 0) is 0 Å². The fraction of sp³-hybridized carbons (Fsp3) is 0.500. The average molecular weight is 269 g/mol. The lowest BCUT2D eigenvalue weighted by Gasteiger charge is -2.31. The van der Waals surface area contributed by atoms with Gasteiger partial charge in [0.25, 0.3) is 5.91 Å². The molecule has 1 atom stereocenters. The number of halogens is 1. The highest BCUT2D eigenvalue weighted by Crippen LogP contribution is 2.23. The molecule has 0 saturated carbocycles. The molecule has 0 heterocycles. The van der Waals surface area contributed by atoms with E-state index in [2.05, 4.69) is 5.32 Å². The molecule has 1 amide bonds. The summed E-state index contributed by atoms with van der Waals surface area (Å²) >= 11 is 0. The molecule has 0 radical (unpaired) electrons. The minimum Gasteiger partial charge on any atom is -0.507 e. The molecule has 1 aromatic carbocycles. The van der Waals surface area contributed by atoms with Gasteiger partial charge in [0, 0.05) is 12.6 Å². The van der Waals surface area contributed by atoms with Gasteiger partial charge in [0.2, 0.25) is 0 Å². The van der Waals surface area contributed by atoms with Gasteiger partial charge in [0.05, 0.1) is 5.56 Å². The Labute approximate surface area is 112 Å². The highest BCUT2D eigenvalue weighted by molar-refractivity contribution is 5.97. The molecule has 4 nitrogen and oxygen atoms in total. The summed E-state index contributed by atoms with van der Waals surface area (Å²) in [6, 6.07) is 2.94. The summed E-state index contributed by atoms with van der Waals surface area (Å²) in [5, 5.41) is 21.3. The van der Waals surface area contributed by atoms with Crippen LogP contribution in [0.3, 0.4) is 0 Å². The molecule has 0 bridgehead atoms. The van der Waals surface area contributed by atoms with Crippen LogP contribution in [0.15, 0.2) is 18.2 Å². The smallest absolute Gasteiger partial charge is 0.255 e. The molecule has 1 unspecified atom stereocenters. The van der Waals surface area contributed by atoms with Gasteiger partial charge in [-0.05, 0) is 30.0 Å². The first-order chi connectivity index (χ1) is 8.75. The van der Waals surface area contributed by atoms with E-state index in [0.29, 0.717) is 6.42 Å². The second-order valence-electron chi connectivity index (χ2n) is 5.57. The molecular weight excluding hydrogens is 249 g/mol. The van der Waals surface area contributed by atoms with Crippen molar-refractivity contribution in [3.63, 3.8) is 0 Å². The first-order valence-corrected chi connectivity index (χ1v) is 6.16. The van der Waals surface area contributed by atoms with Crippen LogP contribution in [0.5, 0.6) is 5.75 Å². The molecule has 5 heteroatoms. The van der Waals surface area contributed by atoms with Crippen molar-refractivity contribution in [2.75, 3.05) is 6.61 Å². The fourth-order valence-corrected chi connectivity index (χ4v) is 1.78. The van der Waals surface area contributed by atoms with Crippen molar-refractivity contribution >= 4 is 5.91 Å². The van der Waals surface area contributed by atoms with Gasteiger partial charge in [0.1, 0.15) is 11.6 Å². The van der Waals surface area contributed by atoms with E-state index in [1.54, 1.807) is 0 Å². The molecule has 0 aliphatic rings.